The monoisotopic (exact) mass is 248 g/mol. The van der Waals surface area contributed by atoms with Crippen LogP contribution in [0.15, 0.2) is 6.20 Å². The molecule has 1 unspecified atom stereocenters. The van der Waals surface area contributed by atoms with Crippen molar-refractivity contribution in [3.05, 3.63) is 17.7 Å². The summed E-state index contributed by atoms with van der Waals surface area (Å²) in [6.45, 7) is 6.95. The topological polar surface area (TPSA) is 47.1 Å². The lowest BCUT2D eigenvalue weighted by Gasteiger charge is -2.32. The van der Waals surface area contributed by atoms with Crippen molar-refractivity contribution in [2.45, 2.75) is 51.1 Å². The predicted molar refractivity (Wildman–Crippen MR) is 72.6 cm³/mol. The van der Waals surface area contributed by atoms with Crippen LogP contribution < -0.4 is 5.73 Å². The first-order chi connectivity index (χ1) is 8.78. The molecule has 3 rings (SSSR count). The fourth-order valence-corrected chi connectivity index (χ4v) is 3.35. The number of rotatable bonds is 2. The Hall–Kier alpha value is -0.870. The molecule has 4 nitrogen and oxygen atoms in total. The van der Waals surface area contributed by atoms with Crippen LogP contribution in [0.25, 0.3) is 0 Å². The smallest absolute Gasteiger partial charge is 0.112 e. The lowest BCUT2D eigenvalue weighted by atomic mass is 9.95. The molecule has 0 radical (unpaired) electrons. The van der Waals surface area contributed by atoms with Crippen LogP contribution in [0.3, 0.4) is 0 Å². The van der Waals surface area contributed by atoms with Crippen molar-refractivity contribution in [3.8, 4) is 0 Å². The largest absolute Gasteiger partial charge is 0.332 e. The second-order valence-electron chi connectivity index (χ2n) is 5.72. The van der Waals surface area contributed by atoms with E-state index in [2.05, 4.69) is 22.6 Å². The van der Waals surface area contributed by atoms with Crippen molar-refractivity contribution in [1.29, 1.82) is 0 Å². The van der Waals surface area contributed by atoms with Gasteiger partial charge in [-0.15, -0.1) is 0 Å². The highest BCUT2D eigenvalue weighted by Gasteiger charge is 2.26. The number of likely N-dealkylation sites (tertiary alicyclic amines) is 1. The summed E-state index contributed by atoms with van der Waals surface area (Å²) in [5, 5.41) is 0. The molecule has 0 aromatic carbocycles. The van der Waals surface area contributed by atoms with E-state index in [1.165, 1.54) is 44.0 Å². The normalized spacial score (nSPS) is 26.2. The summed E-state index contributed by atoms with van der Waals surface area (Å²) in [5.41, 5.74) is 7.37. The van der Waals surface area contributed by atoms with Gasteiger partial charge < -0.3 is 15.2 Å². The van der Waals surface area contributed by atoms with Gasteiger partial charge in [-0.1, -0.05) is 6.92 Å². The second kappa shape index (κ2) is 5.02. The zero-order chi connectivity index (χ0) is 12.5. The van der Waals surface area contributed by atoms with E-state index in [0.29, 0.717) is 12.0 Å². The molecule has 4 heteroatoms. The Bertz CT molecular complexity index is 404. The minimum atomic E-state index is 0.337. The molecule has 18 heavy (non-hydrogen) atoms. The summed E-state index contributed by atoms with van der Waals surface area (Å²) in [7, 11) is 0. The van der Waals surface area contributed by atoms with Gasteiger partial charge in [-0.05, 0) is 38.9 Å². The van der Waals surface area contributed by atoms with Gasteiger partial charge in [-0.25, -0.2) is 4.98 Å². The van der Waals surface area contributed by atoms with E-state index in [1.807, 2.05) is 0 Å². The third-order valence-electron chi connectivity index (χ3n) is 4.56. The minimum Gasteiger partial charge on any atom is -0.332 e. The molecule has 0 saturated carbocycles. The van der Waals surface area contributed by atoms with Crippen molar-refractivity contribution >= 4 is 0 Å². The van der Waals surface area contributed by atoms with Gasteiger partial charge >= 0.3 is 0 Å². The summed E-state index contributed by atoms with van der Waals surface area (Å²) in [6, 6.07) is 0.337. The molecule has 0 amide bonds. The van der Waals surface area contributed by atoms with Crippen LogP contribution >= 0.6 is 0 Å². The SMILES string of the molecule is CCN1CCC(c2ncc3n2CCC(N)C3)CC1. The quantitative estimate of drug-likeness (QED) is 0.859. The van der Waals surface area contributed by atoms with Crippen LogP contribution in [0.1, 0.15) is 43.6 Å². The Balaban J connectivity index is 1.74. The number of aromatic nitrogens is 2. The van der Waals surface area contributed by atoms with Crippen LogP contribution in [0.4, 0.5) is 0 Å². The highest BCUT2D eigenvalue weighted by atomic mass is 15.1. The fraction of sp³-hybridized carbons (Fsp3) is 0.786. The Morgan fingerprint density at radius 3 is 2.78 bits per heavy atom. The van der Waals surface area contributed by atoms with E-state index in [-0.39, 0.29) is 0 Å². The minimum absolute atomic E-state index is 0.337. The van der Waals surface area contributed by atoms with Gasteiger partial charge in [0, 0.05) is 36.8 Å². The zero-order valence-electron chi connectivity index (χ0n) is 11.3. The van der Waals surface area contributed by atoms with Crippen molar-refractivity contribution in [2.75, 3.05) is 19.6 Å². The van der Waals surface area contributed by atoms with Crippen LogP contribution in [0, 0.1) is 0 Å². The number of hydrogen-bond donors (Lipinski definition) is 1. The Kier molecular flexibility index (Phi) is 3.39. The highest BCUT2D eigenvalue weighted by molar-refractivity contribution is 5.13. The molecule has 1 atom stereocenters. The van der Waals surface area contributed by atoms with E-state index >= 15 is 0 Å². The zero-order valence-corrected chi connectivity index (χ0v) is 11.3. The molecule has 0 aliphatic carbocycles. The van der Waals surface area contributed by atoms with Gasteiger partial charge in [0.2, 0.25) is 0 Å². The van der Waals surface area contributed by atoms with E-state index in [0.717, 1.165) is 19.4 Å². The van der Waals surface area contributed by atoms with Crippen LogP contribution in [0.2, 0.25) is 0 Å². The van der Waals surface area contributed by atoms with Crippen LogP contribution in [0.5, 0.6) is 0 Å². The van der Waals surface area contributed by atoms with Crippen LogP contribution in [-0.4, -0.2) is 40.1 Å². The molecular formula is C14H24N4. The summed E-state index contributed by atoms with van der Waals surface area (Å²) in [4.78, 5) is 7.23. The van der Waals surface area contributed by atoms with Gasteiger partial charge in [0.1, 0.15) is 5.82 Å². The second-order valence-corrected chi connectivity index (χ2v) is 5.72. The van der Waals surface area contributed by atoms with E-state index in [1.54, 1.807) is 0 Å². The van der Waals surface area contributed by atoms with Crippen molar-refractivity contribution in [1.82, 2.24) is 14.5 Å². The maximum atomic E-state index is 6.03. The third-order valence-corrected chi connectivity index (χ3v) is 4.56. The van der Waals surface area contributed by atoms with Crippen molar-refractivity contribution in [3.63, 3.8) is 0 Å². The lowest BCUT2D eigenvalue weighted by molar-refractivity contribution is 0.216. The summed E-state index contributed by atoms with van der Waals surface area (Å²) >= 11 is 0. The number of nitrogens with two attached hydrogens (primary N) is 1. The number of nitrogens with zero attached hydrogens (tertiary/aromatic N) is 3. The number of fused-ring (bicyclic) bond motifs is 1. The first-order valence-corrected chi connectivity index (χ1v) is 7.30. The van der Waals surface area contributed by atoms with Crippen LogP contribution in [-0.2, 0) is 13.0 Å². The lowest BCUT2D eigenvalue weighted by Crippen LogP contribution is -2.35. The fourth-order valence-electron chi connectivity index (χ4n) is 3.35. The Morgan fingerprint density at radius 1 is 1.28 bits per heavy atom. The van der Waals surface area contributed by atoms with Crippen molar-refractivity contribution in [2.24, 2.45) is 5.73 Å². The maximum Gasteiger partial charge on any atom is 0.112 e. The molecular weight excluding hydrogens is 224 g/mol. The molecule has 3 heterocycles. The van der Waals surface area contributed by atoms with Gasteiger partial charge in [0.15, 0.2) is 0 Å². The molecule has 2 aliphatic rings. The first-order valence-electron chi connectivity index (χ1n) is 7.30. The number of imidazole rings is 1. The van der Waals surface area contributed by atoms with E-state index < -0.39 is 0 Å². The Labute approximate surface area is 109 Å². The van der Waals surface area contributed by atoms with E-state index in [4.69, 9.17) is 10.7 Å². The van der Waals surface area contributed by atoms with Gasteiger partial charge in [0.05, 0.1) is 0 Å². The molecule has 1 fully saturated rings. The molecule has 1 aromatic rings. The molecule has 1 aromatic heterocycles. The average molecular weight is 248 g/mol. The summed E-state index contributed by atoms with van der Waals surface area (Å²) < 4.78 is 2.44. The molecule has 1 saturated heterocycles. The Morgan fingerprint density at radius 2 is 2.06 bits per heavy atom. The first kappa shape index (κ1) is 12.2. The molecule has 0 spiro atoms. The van der Waals surface area contributed by atoms with E-state index in [9.17, 15) is 0 Å². The standard InChI is InChI=1S/C14H24N4/c1-2-17-6-3-11(4-7-17)14-16-10-13-9-12(15)5-8-18(13)14/h10-12H,2-9,15H2,1H3. The van der Waals surface area contributed by atoms with Crippen molar-refractivity contribution < 1.29 is 0 Å². The maximum absolute atomic E-state index is 6.03. The summed E-state index contributed by atoms with van der Waals surface area (Å²) in [6.07, 6.45) is 6.68. The summed E-state index contributed by atoms with van der Waals surface area (Å²) in [5.74, 6) is 1.99. The molecule has 2 aliphatic heterocycles. The predicted octanol–water partition coefficient (Wildman–Crippen LogP) is 1.36. The van der Waals surface area contributed by atoms with Gasteiger partial charge in [0.25, 0.3) is 0 Å². The number of hydrogen-bond acceptors (Lipinski definition) is 3. The molecule has 0 bridgehead atoms. The van der Waals surface area contributed by atoms with Gasteiger partial charge in [-0.2, -0.15) is 0 Å². The number of piperidine rings is 1. The molecule has 100 valence electrons. The third kappa shape index (κ3) is 2.19. The average Bonchev–Trinajstić information content (AvgIpc) is 2.81. The van der Waals surface area contributed by atoms with Gasteiger partial charge in [-0.3, -0.25) is 0 Å². The highest BCUT2D eigenvalue weighted by Crippen LogP contribution is 2.29. The molecule has 2 N–H and O–H groups in total.